The summed E-state index contributed by atoms with van der Waals surface area (Å²) in [6, 6.07) is 6.52. The van der Waals surface area contributed by atoms with Gasteiger partial charge in [-0.1, -0.05) is 12.1 Å². The van der Waals surface area contributed by atoms with Gasteiger partial charge in [0.2, 0.25) is 11.9 Å². The van der Waals surface area contributed by atoms with E-state index in [4.69, 9.17) is 0 Å². The Morgan fingerprint density at radius 3 is 2.33 bits per heavy atom. The average molecular weight is 284 g/mol. The third kappa shape index (κ3) is 2.18. The summed E-state index contributed by atoms with van der Waals surface area (Å²) in [6.07, 6.45) is 3.22. The van der Waals surface area contributed by atoms with E-state index in [9.17, 15) is 14.4 Å². The zero-order valence-electron chi connectivity index (χ0n) is 11.2. The van der Waals surface area contributed by atoms with Crippen molar-refractivity contribution in [1.29, 1.82) is 0 Å². The van der Waals surface area contributed by atoms with Crippen LogP contribution in [0.1, 0.15) is 20.7 Å². The van der Waals surface area contributed by atoms with Gasteiger partial charge in [-0.2, -0.15) is 0 Å². The lowest BCUT2D eigenvalue weighted by Gasteiger charge is -2.13. The number of nitrogens with zero attached hydrogens (tertiary/aromatic N) is 3. The van der Waals surface area contributed by atoms with Crippen LogP contribution >= 0.6 is 0 Å². The van der Waals surface area contributed by atoms with E-state index in [2.05, 4.69) is 10.3 Å². The molecule has 21 heavy (non-hydrogen) atoms. The van der Waals surface area contributed by atoms with Crippen molar-refractivity contribution in [3.05, 3.63) is 47.8 Å². The first-order valence-electron chi connectivity index (χ1n) is 6.30. The Bertz CT molecular complexity index is 715. The van der Waals surface area contributed by atoms with Crippen LogP contribution in [0.4, 0.5) is 5.95 Å². The molecule has 0 fully saturated rings. The van der Waals surface area contributed by atoms with E-state index in [1.54, 1.807) is 42.1 Å². The van der Waals surface area contributed by atoms with Crippen LogP contribution in [0.15, 0.2) is 36.7 Å². The molecule has 1 aromatic carbocycles. The van der Waals surface area contributed by atoms with Gasteiger partial charge in [-0.05, 0) is 12.1 Å². The minimum atomic E-state index is -0.473. The summed E-state index contributed by atoms with van der Waals surface area (Å²) < 4.78 is 1.63. The molecule has 0 atom stereocenters. The highest BCUT2D eigenvalue weighted by Gasteiger charge is 2.36. The monoisotopic (exact) mass is 284 g/mol. The molecule has 0 spiro atoms. The van der Waals surface area contributed by atoms with Gasteiger partial charge >= 0.3 is 0 Å². The molecule has 0 saturated heterocycles. The number of imide groups is 1. The minimum Gasteiger partial charge on any atom is -0.320 e. The number of hydrogen-bond acceptors (Lipinski definition) is 4. The number of hydrogen-bond donors (Lipinski definition) is 1. The quantitative estimate of drug-likeness (QED) is 0.839. The molecule has 106 valence electrons. The van der Waals surface area contributed by atoms with E-state index in [1.807, 2.05) is 0 Å². The van der Waals surface area contributed by atoms with Crippen LogP contribution in [0.25, 0.3) is 0 Å². The second-order valence-electron chi connectivity index (χ2n) is 4.65. The summed E-state index contributed by atoms with van der Waals surface area (Å²) in [5.74, 6) is -1.02. The van der Waals surface area contributed by atoms with Gasteiger partial charge in [-0.25, -0.2) is 4.98 Å². The summed E-state index contributed by atoms with van der Waals surface area (Å²) in [5, 5.41) is 2.55. The van der Waals surface area contributed by atoms with Crippen LogP contribution in [-0.2, 0) is 11.8 Å². The summed E-state index contributed by atoms with van der Waals surface area (Å²) in [6.45, 7) is -0.334. The first kappa shape index (κ1) is 13.0. The normalized spacial score (nSPS) is 13.5. The highest BCUT2D eigenvalue weighted by Crippen LogP contribution is 2.22. The van der Waals surface area contributed by atoms with Crippen LogP contribution in [0.2, 0.25) is 0 Å². The van der Waals surface area contributed by atoms with E-state index in [0.29, 0.717) is 17.1 Å². The predicted molar refractivity (Wildman–Crippen MR) is 73.6 cm³/mol. The number of imidazole rings is 1. The van der Waals surface area contributed by atoms with Gasteiger partial charge < -0.3 is 4.57 Å². The molecule has 0 aliphatic carbocycles. The number of amides is 3. The molecule has 3 amide bonds. The molecular formula is C14H12N4O3. The standard InChI is InChI=1S/C14H12N4O3/c1-17-7-6-15-14(17)16-11(19)8-18-12(20)9-4-2-3-5-10(9)13(18)21/h2-7H,8H2,1H3,(H,15,16,19). The molecule has 0 bridgehead atoms. The topological polar surface area (TPSA) is 84.3 Å². The van der Waals surface area contributed by atoms with E-state index < -0.39 is 17.7 Å². The number of fused-ring (bicyclic) bond motifs is 1. The van der Waals surface area contributed by atoms with Crippen LogP contribution < -0.4 is 5.32 Å². The number of aryl methyl sites for hydroxylation is 1. The fraction of sp³-hybridized carbons (Fsp3) is 0.143. The molecule has 0 radical (unpaired) electrons. The number of aromatic nitrogens is 2. The van der Waals surface area contributed by atoms with Crippen LogP contribution in [0.3, 0.4) is 0 Å². The zero-order chi connectivity index (χ0) is 15.0. The van der Waals surface area contributed by atoms with Crippen LogP contribution in [0, 0.1) is 0 Å². The molecule has 0 unspecified atom stereocenters. The van der Waals surface area contributed by atoms with E-state index in [-0.39, 0.29) is 6.54 Å². The largest absolute Gasteiger partial charge is 0.320 e. The second-order valence-corrected chi connectivity index (χ2v) is 4.65. The summed E-state index contributed by atoms with van der Waals surface area (Å²) >= 11 is 0. The number of carbonyl (C=O) groups is 3. The second kappa shape index (κ2) is 4.86. The Morgan fingerprint density at radius 1 is 1.19 bits per heavy atom. The Balaban J connectivity index is 1.75. The summed E-state index contributed by atoms with van der Waals surface area (Å²) in [5.41, 5.74) is 0.652. The van der Waals surface area contributed by atoms with E-state index in [1.165, 1.54) is 6.20 Å². The highest BCUT2D eigenvalue weighted by molar-refractivity contribution is 6.22. The molecule has 0 saturated carbocycles. The third-order valence-electron chi connectivity index (χ3n) is 3.25. The highest BCUT2D eigenvalue weighted by atomic mass is 16.2. The first-order valence-corrected chi connectivity index (χ1v) is 6.30. The van der Waals surface area contributed by atoms with Crippen molar-refractivity contribution in [1.82, 2.24) is 14.5 Å². The minimum absolute atomic E-state index is 0.326. The van der Waals surface area contributed by atoms with Gasteiger partial charge in [-0.3, -0.25) is 24.6 Å². The van der Waals surface area contributed by atoms with Crippen molar-refractivity contribution in [3.8, 4) is 0 Å². The predicted octanol–water partition coefficient (Wildman–Crippen LogP) is 0.655. The number of anilines is 1. The fourth-order valence-electron chi connectivity index (χ4n) is 2.18. The lowest BCUT2D eigenvalue weighted by molar-refractivity contribution is -0.116. The van der Waals surface area contributed by atoms with Gasteiger partial charge in [0.25, 0.3) is 11.8 Å². The molecule has 3 rings (SSSR count). The van der Waals surface area contributed by atoms with Crippen molar-refractivity contribution in [2.75, 3.05) is 11.9 Å². The SMILES string of the molecule is Cn1ccnc1NC(=O)CN1C(=O)c2ccccc2C1=O. The van der Waals surface area contributed by atoms with Gasteiger partial charge in [0.05, 0.1) is 11.1 Å². The number of nitrogens with one attached hydrogen (secondary N) is 1. The Kier molecular flexibility index (Phi) is 3.02. The summed E-state index contributed by atoms with van der Waals surface area (Å²) in [4.78, 5) is 41.1. The average Bonchev–Trinajstić information content (AvgIpc) is 2.97. The Hall–Kier alpha value is -2.96. The lowest BCUT2D eigenvalue weighted by atomic mass is 10.1. The van der Waals surface area contributed by atoms with E-state index in [0.717, 1.165) is 4.90 Å². The number of carbonyl (C=O) groups excluding carboxylic acids is 3. The molecule has 7 nitrogen and oxygen atoms in total. The van der Waals surface area contributed by atoms with Crippen molar-refractivity contribution < 1.29 is 14.4 Å². The Labute approximate surface area is 120 Å². The Morgan fingerprint density at radius 2 is 1.81 bits per heavy atom. The van der Waals surface area contributed by atoms with Gasteiger partial charge in [0.1, 0.15) is 6.54 Å². The van der Waals surface area contributed by atoms with Crippen molar-refractivity contribution in [3.63, 3.8) is 0 Å². The van der Waals surface area contributed by atoms with E-state index >= 15 is 0 Å². The molecule has 1 aromatic heterocycles. The maximum atomic E-state index is 12.1. The van der Waals surface area contributed by atoms with Gasteiger partial charge in [-0.15, -0.1) is 0 Å². The van der Waals surface area contributed by atoms with Crippen molar-refractivity contribution >= 4 is 23.7 Å². The molecule has 2 aromatic rings. The smallest absolute Gasteiger partial charge is 0.262 e. The van der Waals surface area contributed by atoms with Gasteiger partial charge in [0.15, 0.2) is 0 Å². The molecule has 1 N–H and O–H groups in total. The van der Waals surface area contributed by atoms with Crippen LogP contribution in [-0.4, -0.2) is 38.7 Å². The van der Waals surface area contributed by atoms with Crippen molar-refractivity contribution in [2.24, 2.45) is 7.05 Å². The lowest BCUT2D eigenvalue weighted by Crippen LogP contribution is -2.37. The first-order chi connectivity index (χ1) is 10.1. The van der Waals surface area contributed by atoms with Crippen LogP contribution in [0.5, 0.6) is 0 Å². The van der Waals surface area contributed by atoms with Gasteiger partial charge in [0, 0.05) is 19.4 Å². The zero-order valence-corrected chi connectivity index (χ0v) is 11.2. The maximum absolute atomic E-state index is 12.1. The molecule has 1 aliphatic heterocycles. The molecular weight excluding hydrogens is 272 g/mol. The third-order valence-corrected chi connectivity index (χ3v) is 3.25. The number of rotatable bonds is 3. The molecule has 7 heteroatoms. The molecule has 2 heterocycles. The number of benzene rings is 1. The summed E-state index contributed by atoms with van der Waals surface area (Å²) in [7, 11) is 1.73. The molecule has 1 aliphatic rings. The van der Waals surface area contributed by atoms with Crippen molar-refractivity contribution in [2.45, 2.75) is 0 Å². The fourth-order valence-corrected chi connectivity index (χ4v) is 2.18. The maximum Gasteiger partial charge on any atom is 0.262 e.